The Balaban J connectivity index is 2.38. The van der Waals surface area contributed by atoms with Crippen LogP contribution < -0.4 is 16.0 Å². The smallest absolute Gasteiger partial charge is 0.292 e. The fourth-order valence-electron chi connectivity index (χ4n) is 1.93. The topological polar surface area (TPSA) is 101 Å². The molecule has 7 nitrogen and oxygen atoms in total. The van der Waals surface area contributed by atoms with Gasteiger partial charge in [0, 0.05) is 37.8 Å². The zero-order valence-corrected chi connectivity index (χ0v) is 9.92. The zero-order chi connectivity index (χ0) is 13.3. The zero-order valence-electron chi connectivity index (χ0n) is 9.92. The molecule has 0 atom stereocenters. The van der Waals surface area contributed by atoms with E-state index in [-0.39, 0.29) is 17.6 Å². The van der Waals surface area contributed by atoms with Crippen LogP contribution in [0.15, 0.2) is 18.2 Å². The van der Waals surface area contributed by atoms with E-state index in [4.69, 9.17) is 5.73 Å². The molecule has 0 aromatic heterocycles. The lowest BCUT2D eigenvalue weighted by molar-refractivity contribution is -0.384. The van der Waals surface area contributed by atoms with E-state index in [2.05, 4.69) is 5.32 Å². The van der Waals surface area contributed by atoms with Gasteiger partial charge in [-0.1, -0.05) is 0 Å². The van der Waals surface area contributed by atoms with E-state index >= 15 is 0 Å². The average molecular weight is 250 g/mol. The first-order valence-corrected chi connectivity index (χ1v) is 5.54. The van der Waals surface area contributed by atoms with Crippen LogP contribution >= 0.6 is 0 Å². The summed E-state index contributed by atoms with van der Waals surface area (Å²) in [4.78, 5) is 23.8. The summed E-state index contributed by atoms with van der Waals surface area (Å²) in [7, 11) is 1.52. The molecule has 0 saturated carbocycles. The van der Waals surface area contributed by atoms with Crippen molar-refractivity contribution in [3.63, 3.8) is 0 Å². The maximum absolute atomic E-state index is 11.5. The van der Waals surface area contributed by atoms with Gasteiger partial charge in [-0.25, -0.2) is 0 Å². The third-order valence-corrected chi connectivity index (χ3v) is 2.91. The Hall–Kier alpha value is -2.15. The number of carbonyl (C=O) groups is 1. The van der Waals surface area contributed by atoms with Gasteiger partial charge in [-0.2, -0.15) is 0 Å². The number of carbonyl (C=O) groups excluding carboxylic acids is 1. The number of hydrogen-bond acceptors (Lipinski definition) is 5. The molecule has 0 bridgehead atoms. The molecule has 1 aliphatic heterocycles. The fourth-order valence-corrected chi connectivity index (χ4v) is 1.93. The molecule has 0 spiro atoms. The van der Waals surface area contributed by atoms with Gasteiger partial charge < -0.3 is 16.0 Å². The van der Waals surface area contributed by atoms with Gasteiger partial charge in [-0.15, -0.1) is 0 Å². The molecule has 1 amide bonds. The Morgan fingerprint density at radius 3 is 2.72 bits per heavy atom. The minimum absolute atomic E-state index is 0.00504. The predicted molar refractivity (Wildman–Crippen MR) is 66.7 cm³/mol. The Morgan fingerprint density at radius 2 is 2.22 bits per heavy atom. The number of nitro benzene ring substituents is 1. The van der Waals surface area contributed by atoms with E-state index in [9.17, 15) is 14.9 Å². The number of nitrogens with zero attached hydrogens (tertiary/aromatic N) is 2. The van der Waals surface area contributed by atoms with Gasteiger partial charge in [0.1, 0.15) is 5.69 Å². The highest BCUT2D eigenvalue weighted by Crippen LogP contribution is 2.31. The lowest BCUT2D eigenvalue weighted by Crippen LogP contribution is -2.56. The molecule has 1 fully saturated rings. The number of nitrogens with two attached hydrogens (primary N) is 1. The number of nitrogens with one attached hydrogen (secondary N) is 1. The molecule has 1 saturated heterocycles. The molecule has 0 aliphatic carbocycles. The van der Waals surface area contributed by atoms with Gasteiger partial charge in [0.2, 0.25) is 0 Å². The molecule has 0 radical (unpaired) electrons. The lowest BCUT2D eigenvalue weighted by atomic mass is 10.1. The minimum atomic E-state index is -0.452. The molecule has 2 rings (SSSR count). The molecule has 96 valence electrons. The lowest BCUT2D eigenvalue weighted by Gasteiger charge is -2.38. The highest BCUT2D eigenvalue weighted by atomic mass is 16.6. The van der Waals surface area contributed by atoms with E-state index in [1.54, 1.807) is 4.90 Å². The number of hydrogen-bond donors (Lipinski definition) is 2. The molecular weight excluding hydrogens is 236 g/mol. The molecule has 1 aromatic rings. The second-order valence-corrected chi connectivity index (χ2v) is 4.20. The van der Waals surface area contributed by atoms with E-state index in [0.717, 1.165) is 0 Å². The van der Waals surface area contributed by atoms with Crippen LogP contribution in [0.25, 0.3) is 0 Å². The van der Waals surface area contributed by atoms with Crippen LogP contribution in [0.2, 0.25) is 0 Å². The van der Waals surface area contributed by atoms with Crippen molar-refractivity contribution in [1.29, 1.82) is 0 Å². The molecular formula is C11H14N4O3. The standard InChI is InChI=1S/C11H14N4O3/c1-13-11(16)7-2-3-9(15(17)18)10(4-7)14-5-8(12)6-14/h2-4,8H,5-6,12H2,1H3,(H,13,16). The summed E-state index contributed by atoms with van der Waals surface area (Å²) >= 11 is 0. The Kier molecular flexibility index (Phi) is 3.15. The molecule has 1 aliphatic rings. The first-order chi connectivity index (χ1) is 8.52. The van der Waals surface area contributed by atoms with Crippen molar-refractivity contribution in [2.24, 2.45) is 5.73 Å². The van der Waals surface area contributed by atoms with Gasteiger partial charge in [-0.3, -0.25) is 14.9 Å². The second kappa shape index (κ2) is 4.61. The highest BCUT2D eigenvalue weighted by Gasteiger charge is 2.29. The van der Waals surface area contributed by atoms with Crippen molar-refractivity contribution in [3.8, 4) is 0 Å². The summed E-state index contributed by atoms with van der Waals surface area (Å²) in [5.41, 5.74) is 6.51. The van der Waals surface area contributed by atoms with Crippen molar-refractivity contribution in [2.75, 3.05) is 25.0 Å². The third-order valence-electron chi connectivity index (χ3n) is 2.91. The summed E-state index contributed by atoms with van der Waals surface area (Å²) in [6.07, 6.45) is 0. The monoisotopic (exact) mass is 250 g/mol. The fraction of sp³-hybridized carbons (Fsp3) is 0.364. The number of amides is 1. The van der Waals surface area contributed by atoms with E-state index in [1.807, 2.05) is 0 Å². The van der Waals surface area contributed by atoms with Crippen LogP contribution in [0.5, 0.6) is 0 Å². The Labute approximate surface area is 104 Å². The predicted octanol–water partition coefficient (Wildman–Crippen LogP) is 0.102. The van der Waals surface area contributed by atoms with Crippen molar-refractivity contribution in [2.45, 2.75) is 6.04 Å². The van der Waals surface area contributed by atoms with Crippen molar-refractivity contribution in [3.05, 3.63) is 33.9 Å². The number of rotatable bonds is 3. The summed E-state index contributed by atoms with van der Waals surface area (Å²) in [6.45, 7) is 1.13. The van der Waals surface area contributed by atoms with Gasteiger partial charge in [0.25, 0.3) is 11.6 Å². The van der Waals surface area contributed by atoms with Crippen LogP contribution in [0.4, 0.5) is 11.4 Å². The second-order valence-electron chi connectivity index (χ2n) is 4.20. The average Bonchev–Trinajstić information content (AvgIpc) is 2.33. The third kappa shape index (κ3) is 2.12. The van der Waals surface area contributed by atoms with Crippen molar-refractivity contribution < 1.29 is 9.72 Å². The molecule has 18 heavy (non-hydrogen) atoms. The van der Waals surface area contributed by atoms with Crippen LogP contribution in [0.3, 0.4) is 0 Å². The molecule has 7 heteroatoms. The van der Waals surface area contributed by atoms with Gasteiger partial charge in [0.05, 0.1) is 4.92 Å². The summed E-state index contributed by atoms with van der Waals surface area (Å²) < 4.78 is 0. The first-order valence-electron chi connectivity index (χ1n) is 5.54. The largest absolute Gasteiger partial charge is 0.363 e. The van der Waals surface area contributed by atoms with Gasteiger partial charge in [0.15, 0.2) is 0 Å². The maximum atomic E-state index is 11.5. The normalized spacial score (nSPS) is 15.1. The van der Waals surface area contributed by atoms with Crippen LogP contribution in [0, 0.1) is 10.1 Å². The summed E-state index contributed by atoms with van der Waals surface area (Å²) in [5, 5.41) is 13.4. The summed E-state index contributed by atoms with van der Waals surface area (Å²) in [5.74, 6) is -0.268. The molecule has 0 unspecified atom stereocenters. The number of benzene rings is 1. The Morgan fingerprint density at radius 1 is 1.56 bits per heavy atom. The maximum Gasteiger partial charge on any atom is 0.292 e. The van der Waals surface area contributed by atoms with Crippen molar-refractivity contribution >= 4 is 17.3 Å². The number of anilines is 1. The number of nitro groups is 1. The molecule has 1 aromatic carbocycles. The SMILES string of the molecule is CNC(=O)c1ccc([N+](=O)[O-])c(N2CC(N)C2)c1. The quantitative estimate of drug-likeness (QED) is 0.585. The van der Waals surface area contributed by atoms with Gasteiger partial charge in [-0.05, 0) is 12.1 Å². The van der Waals surface area contributed by atoms with Gasteiger partial charge >= 0.3 is 0 Å². The van der Waals surface area contributed by atoms with Crippen LogP contribution in [-0.4, -0.2) is 37.0 Å². The Bertz CT molecular complexity index is 497. The van der Waals surface area contributed by atoms with Crippen molar-refractivity contribution in [1.82, 2.24) is 5.32 Å². The molecule has 1 heterocycles. The van der Waals surface area contributed by atoms with E-state index in [1.165, 1.54) is 25.2 Å². The van der Waals surface area contributed by atoms with Crippen LogP contribution in [-0.2, 0) is 0 Å². The summed E-state index contributed by atoms with van der Waals surface area (Å²) in [6, 6.07) is 4.36. The minimum Gasteiger partial charge on any atom is -0.363 e. The highest BCUT2D eigenvalue weighted by molar-refractivity contribution is 5.95. The first kappa shape index (κ1) is 12.3. The van der Waals surface area contributed by atoms with E-state index < -0.39 is 4.92 Å². The van der Waals surface area contributed by atoms with Crippen LogP contribution in [0.1, 0.15) is 10.4 Å². The molecule has 3 N–H and O–H groups in total. The van der Waals surface area contributed by atoms with E-state index in [0.29, 0.717) is 24.3 Å².